The zero-order valence-electron chi connectivity index (χ0n) is 14.8. The van der Waals surface area contributed by atoms with Crippen LogP contribution in [0.4, 0.5) is 4.39 Å². The van der Waals surface area contributed by atoms with Gasteiger partial charge in [0.25, 0.3) is 5.56 Å². The number of nitrogens with zero attached hydrogens (tertiary/aromatic N) is 3. The van der Waals surface area contributed by atoms with Crippen LogP contribution in [0, 0.1) is 11.7 Å². The van der Waals surface area contributed by atoms with Crippen molar-refractivity contribution in [1.29, 1.82) is 0 Å². The second kappa shape index (κ2) is 6.08. The van der Waals surface area contributed by atoms with Crippen LogP contribution >= 0.6 is 0 Å². The molecule has 0 radical (unpaired) electrons. The molecule has 5 nitrogen and oxygen atoms in total. The third-order valence-corrected chi connectivity index (χ3v) is 5.87. The first-order valence-electron chi connectivity index (χ1n) is 9.30. The number of benzene rings is 1. The smallest absolute Gasteiger partial charge is 0.250 e. The number of hydrogen-bond donors (Lipinski definition) is 0. The van der Waals surface area contributed by atoms with Crippen molar-refractivity contribution in [2.45, 2.75) is 25.4 Å². The lowest BCUT2D eigenvalue weighted by molar-refractivity contribution is -0.134. The number of carbonyl (C=O) groups is 1. The summed E-state index contributed by atoms with van der Waals surface area (Å²) in [5.41, 5.74) is 1.81. The van der Waals surface area contributed by atoms with E-state index in [0.717, 1.165) is 23.0 Å². The minimum atomic E-state index is -0.301. The third kappa shape index (κ3) is 2.76. The number of pyridine rings is 1. The minimum absolute atomic E-state index is 0.0400. The Hall–Kier alpha value is -2.89. The van der Waals surface area contributed by atoms with E-state index in [1.54, 1.807) is 18.2 Å². The van der Waals surface area contributed by atoms with Crippen LogP contribution in [-0.4, -0.2) is 33.0 Å². The molecule has 0 N–H and O–H groups in total. The molecule has 138 valence electrons. The Bertz CT molecular complexity index is 1100. The standard InChI is InChI=1S/C21H20FN3O2/c22-17-5-4-15-6-7-23(19(15)9-17)13-21(27)24-10-14-8-16(12-24)18-2-1-3-20(26)25(18)11-14/h1-7,9,14,16H,8,10-13H2/t14-,16-/m0/s1. The fourth-order valence-electron chi connectivity index (χ4n) is 4.64. The zero-order valence-corrected chi connectivity index (χ0v) is 14.8. The van der Waals surface area contributed by atoms with Crippen molar-refractivity contribution in [1.82, 2.24) is 14.0 Å². The zero-order chi connectivity index (χ0) is 18.5. The van der Waals surface area contributed by atoms with Gasteiger partial charge in [-0.1, -0.05) is 6.07 Å². The number of piperidine rings is 1. The van der Waals surface area contributed by atoms with Crippen LogP contribution in [0.25, 0.3) is 10.9 Å². The molecule has 5 rings (SSSR count). The van der Waals surface area contributed by atoms with Gasteiger partial charge in [-0.05, 0) is 48.1 Å². The normalized spacial score (nSPS) is 21.3. The van der Waals surface area contributed by atoms with Crippen molar-refractivity contribution in [2.75, 3.05) is 13.1 Å². The van der Waals surface area contributed by atoms with E-state index >= 15 is 0 Å². The Morgan fingerprint density at radius 1 is 1.11 bits per heavy atom. The predicted octanol–water partition coefficient (Wildman–Crippen LogP) is 2.59. The van der Waals surface area contributed by atoms with E-state index in [-0.39, 0.29) is 29.7 Å². The summed E-state index contributed by atoms with van der Waals surface area (Å²) in [6, 6.07) is 11.9. The third-order valence-electron chi connectivity index (χ3n) is 5.87. The molecule has 1 fully saturated rings. The summed E-state index contributed by atoms with van der Waals surface area (Å²) in [5.74, 6) is 0.246. The van der Waals surface area contributed by atoms with Gasteiger partial charge in [0.15, 0.2) is 0 Å². The van der Waals surface area contributed by atoms with Gasteiger partial charge in [-0.25, -0.2) is 4.39 Å². The van der Waals surface area contributed by atoms with Crippen LogP contribution in [-0.2, 0) is 17.9 Å². The molecular formula is C21H20FN3O2. The molecule has 27 heavy (non-hydrogen) atoms. The molecule has 2 atom stereocenters. The molecule has 2 aromatic heterocycles. The van der Waals surface area contributed by atoms with Crippen LogP contribution in [0.1, 0.15) is 18.0 Å². The van der Waals surface area contributed by atoms with Crippen molar-refractivity contribution in [3.63, 3.8) is 0 Å². The van der Waals surface area contributed by atoms with Crippen molar-refractivity contribution >= 4 is 16.8 Å². The highest BCUT2D eigenvalue weighted by molar-refractivity contribution is 5.83. The van der Waals surface area contributed by atoms with E-state index in [0.29, 0.717) is 25.6 Å². The monoisotopic (exact) mass is 365 g/mol. The maximum Gasteiger partial charge on any atom is 0.250 e. The lowest BCUT2D eigenvalue weighted by Gasteiger charge is -2.42. The van der Waals surface area contributed by atoms with Gasteiger partial charge in [-0.15, -0.1) is 0 Å². The average molecular weight is 365 g/mol. The second-order valence-electron chi connectivity index (χ2n) is 7.64. The maximum atomic E-state index is 13.6. The maximum absolute atomic E-state index is 13.6. The molecule has 1 aromatic carbocycles. The number of amides is 1. The first-order valence-corrected chi connectivity index (χ1v) is 9.30. The molecule has 1 amide bonds. The SMILES string of the molecule is O=C(Cn1ccc2ccc(F)cc21)N1C[C@@H]2C[C@@H](C1)c1cccc(=O)n1C2. The molecule has 1 saturated heterocycles. The fourth-order valence-corrected chi connectivity index (χ4v) is 4.64. The highest BCUT2D eigenvalue weighted by Crippen LogP contribution is 2.35. The Morgan fingerprint density at radius 2 is 2.00 bits per heavy atom. The molecule has 2 aliphatic rings. The van der Waals surface area contributed by atoms with Gasteiger partial charge in [0.2, 0.25) is 5.91 Å². The molecular weight excluding hydrogens is 345 g/mol. The highest BCUT2D eigenvalue weighted by Gasteiger charge is 2.36. The first kappa shape index (κ1) is 16.3. The number of carbonyl (C=O) groups excluding carboxylic acids is 1. The van der Waals surface area contributed by atoms with Crippen molar-refractivity contribution in [3.8, 4) is 0 Å². The second-order valence-corrected chi connectivity index (χ2v) is 7.64. The quantitative estimate of drug-likeness (QED) is 0.701. The Morgan fingerprint density at radius 3 is 2.89 bits per heavy atom. The molecule has 6 heteroatoms. The lowest BCUT2D eigenvalue weighted by atomic mass is 9.83. The number of rotatable bonds is 2. The van der Waals surface area contributed by atoms with Gasteiger partial charge in [-0.2, -0.15) is 0 Å². The highest BCUT2D eigenvalue weighted by atomic mass is 19.1. The topological polar surface area (TPSA) is 47.2 Å². The van der Waals surface area contributed by atoms with Crippen molar-refractivity contribution in [2.24, 2.45) is 5.92 Å². The molecule has 0 spiro atoms. The molecule has 3 aromatic rings. The summed E-state index contributed by atoms with van der Waals surface area (Å²) in [6.45, 7) is 2.18. The molecule has 0 unspecified atom stereocenters. The van der Waals surface area contributed by atoms with E-state index in [1.165, 1.54) is 12.1 Å². The van der Waals surface area contributed by atoms with E-state index in [4.69, 9.17) is 0 Å². The largest absolute Gasteiger partial charge is 0.340 e. The van der Waals surface area contributed by atoms with Gasteiger partial charge in [0, 0.05) is 43.5 Å². The lowest BCUT2D eigenvalue weighted by Crippen LogP contribution is -2.49. The van der Waals surface area contributed by atoms with E-state index < -0.39 is 0 Å². The van der Waals surface area contributed by atoms with Gasteiger partial charge in [-0.3, -0.25) is 9.59 Å². The fraction of sp³-hybridized carbons (Fsp3) is 0.333. The van der Waals surface area contributed by atoms with Gasteiger partial charge >= 0.3 is 0 Å². The number of aromatic nitrogens is 2. The van der Waals surface area contributed by atoms with Crippen LogP contribution in [0.15, 0.2) is 53.5 Å². The Balaban J connectivity index is 1.39. The molecule has 2 bridgehead atoms. The van der Waals surface area contributed by atoms with E-state index in [2.05, 4.69) is 0 Å². The van der Waals surface area contributed by atoms with Crippen LogP contribution in [0.5, 0.6) is 0 Å². The van der Waals surface area contributed by atoms with Gasteiger partial charge in [0.1, 0.15) is 12.4 Å². The summed E-state index contributed by atoms with van der Waals surface area (Å²) in [4.78, 5) is 27.0. The first-order chi connectivity index (χ1) is 13.1. The average Bonchev–Trinajstić information content (AvgIpc) is 3.04. The molecule has 2 aliphatic heterocycles. The number of hydrogen-bond acceptors (Lipinski definition) is 2. The van der Waals surface area contributed by atoms with E-state index in [1.807, 2.05) is 32.4 Å². The summed E-state index contributed by atoms with van der Waals surface area (Å²) in [5, 5.41) is 0.924. The molecule has 0 aliphatic carbocycles. The van der Waals surface area contributed by atoms with E-state index in [9.17, 15) is 14.0 Å². The minimum Gasteiger partial charge on any atom is -0.340 e. The molecule has 4 heterocycles. The summed E-state index contributed by atoms with van der Waals surface area (Å²) in [7, 11) is 0. The predicted molar refractivity (Wildman–Crippen MR) is 100 cm³/mol. The van der Waals surface area contributed by atoms with Gasteiger partial charge < -0.3 is 14.0 Å². The van der Waals surface area contributed by atoms with Crippen LogP contribution in [0.2, 0.25) is 0 Å². The number of likely N-dealkylation sites (tertiary alicyclic amines) is 1. The van der Waals surface area contributed by atoms with Crippen LogP contribution in [0.3, 0.4) is 0 Å². The summed E-state index contributed by atoms with van der Waals surface area (Å²) < 4.78 is 17.3. The van der Waals surface area contributed by atoms with Crippen molar-refractivity contribution < 1.29 is 9.18 Å². The van der Waals surface area contributed by atoms with Gasteiger partial charge in [0.05, 0.1) is 5.52 Å². The Labute approximate surface area is 155 Å². The summed E-state index contributed by atoms with van der Waals surface area (Å²) in [6.07, 6.45) is 2.85. The van der Waals surface area contributed by atoms with Crippen LogP contribution < -0.4 is 5.56 Å². The summed E-state index contributed by atoms with van der Waals surface area (Å²) >= 11 is 0. The number of halogens is 1. The number of fused-ring (bicyclic) bond motifs is 5. The van der Waals surface area contributed by atoms with Crippen molar-refractivity contribution in [3.05, 3.63) is 70.5 Å². The Kier molecular flexibility index (Phi) is 3.67. The molecule has 0 saturated carbocycles.